The number of rotatable bonds is 10. The number of thioether (sulfide) groups is 2. The van der Waals surface area contributed by atoms with Gasteiger partial charge >= 0.3 is 0 Å². The fraction of sp³-hybridized carbons (Fsp3) is 0.286. The van der Waals surface area contributed by atoms with Gasteiger partial charge in [0.25, 0.3) is 0 Å². The lowest BCUT2D eigenvalue weighted by Crippen LogP contribution is -2.26. The highest BCUT2D eigenvalue weighted by atomic mass is 32.2. The Morgan fingerprint density at radius 2 is 1.83 bits per heavy atom. The summed E-state index contributed by atoms with van der Waals surface area (Å²) in [7, 11) is 1.63. The van der Waals surface area contributed by atoms with E-state index in [9.17, 15) is 4.79 Å². The largest absolute Gasteiger partial charge is 0.495 e. The highest BCUT2D eigenvalue weighted by Crippen LogP contribution is 2.28. The van der Waals surface area contributed by atoms with E-state index in [1.54, 1.807) is 18.9 Å². The number of aromatic nitrogens is 3. The molecule has 3 aromatic rings. The van der Waals surface area contributed by atoms with E-state index in [1.165, 1.54) is 16.7 Å². The second-order valence-electron chi connectivity index (χ2n) is 6.19. The summed E-state index contributed by atoms with van der Waals surface area (Å²) in [6.07, 6.45) is 0.923. The number of hydrogen-bond acceptors (Lipinski definition) is 6. The first-order valence-electron chi connectivity index (χ1n) is 9.32. The summed E-state index contributed by atoms with van der Waals surface area (Å²) >= 11 is 3.17. The number of carbonyl (C=O) groups is 1. The minimum Gasteiger partial charge on any atom is -0.495 e. The molecule has 0 aliphatic rings. The van der Waals surface area contributed by atoms with Gasteiger partial charge in [0.1, 0.15) is 11.6 Å². The molecule has 0 saturated heterocycles. The maximum atomic E-state index is 12.2. The van der Waals surface area contributed by atoms with Gasteiger partial charge in [-0.25, -0.2) is 0 Å². The monoisotopic (exact) mass is 428 g/mol. The number of nitrogens with zero attached hydrogens (tertiary/aromatic N) is 3. The smallest absolute Gasteiger partial charge is 0.230 e. The molecule has 0 atom stereocenters. The van der Waals surface area contributed by atoms with E-state index in [1.807, 2.05) is 54.0 Å². The number of para-hydroxylation sites is 2. The Morgan fingerprint density at radius 1 is 1.07 bits per heavy atom. The van der Waals surface area contributed by atoms with Crippen LogP contribution < -0.4 is 10.1 Å². The lowest BCUT2D eigenvalue weighted by atomic mass is 10.3. The molecule has 1 N–H and O–H groups in total. The van der Waals surface area contributed by atoms with Crippen molar-refractivity contribution in [2.75, 3.05) is 25.2 Å². The van der Waals surface area contributed by atoms with Crippen LogP contribution in [-0.4, -0.2) is 45.8 Å². The second kappa shape index (κ2) is 10.9. The van der Waals surface area contributed by atoms with Crippen LogP contribution in [0.5, 0.6) is 5.75 Å². The molecule has 0 aliphatic heterocycles. The van der Waals surface area contributed by atoms with Crippen molar-refractivity contribution in [1.82, 2.24) is 20.1 Å². The molecule has 0 saturated carbocycles. The highest BCUT2D eigenvalue weighted by Gasteiger charge is 2.16. The van der Waals surface area contributed by atoms with Crippen LogP contribution in [0.1, 0.15) is 12.2 Å². The second-order valence-corrected chi connectivity index (χ2v) is 8.30. The molecule has 1 heterocycles. The minimum absolute atomic E-state index is 0.00746. The maximum absolute atomic E-state index is 12.2. The van der Waals surface area contributed by atoms with Crippen molar-refractivity contribution in [2.24, 2.45) is 0 Å². The lowest BCUT2D eigenvalue weighted by molar-refractivity contribution is -0.118. The number of hydrogen-bond donors (Lipinski definition) is 1. The van der Waals surface area contributed by atoms with Crippen LogP contribution in [0.25, 0.3) is 5.69 Å². The van der Waals surface area contributed by atoms with Gasteiger partial charge in [-0.2, -0.15) is 0 Å². The van der Waals surface area contributed by atoms with E-state index in [-0.39, 0.29) is 5.91 Å². The molecular formula is C21H24N4O2S2. The molecule has 8 heteroatoms. The Hall–Kier alpha value is -2.45. The number of ether oxygens (including phenoxy) is 1. The van der Waals surface area contributed by atoms with Crippen LogP contribution in [0.4, 0.5) is 0 Å². The molecule has 0 unspecified atom stereocenters. The van der Waals surface area contributed by atoms with E-state index in [2.05, 4.69) is 27.6 Å². The minimum atomic E-state index is -0.00746. The van der Waals surface area contributed by atoms with E-state index < -0.39 is 0 Å². The zero-order valence-corrected chi connectivity index (χ0v) is 18.1. The molecule has 0 bridgehead atoms. The number of aryl methyl sites for hydroxylation is 1. The van der Waals surface area contributed by atoms with Crippen LogP contribution in [0.3, 0.4) is 0 Å². The zero-order chi connectivity index (χ0) is 20.5. The van der Waals surface area contributed by atoms with Crippen molar-refractivity contribution >= 4 is 29.4 Å². The van der Waals surface area contributed by atoms with Gasteiger partial charge in [-0.15, -0.1) is 22.0 Å². The van der Waals surface area contributed by atoms with Crippen LogP contribution >= 0.6 is 23.5 Å². The summed E-state index contributed by atoms with van der Waals surface area (Å²) in [5, 5.41) is 12.0. The third-order valence-electron chi connectivity index (χ3n) is 4.11. The molecule has 0 aliphatic carbocycles. The predicted octanol–water partition coefficient (Wildman–Crippen LogP) is 3.98. The van der Waals surface area contributed by atoms with Crippen molar-refractivity contribution in [3.63, 3.8) is 0 Å². The third-order valence-corrected chi connectivity index (χ3v) is 6.14. The fourth-order valence-electron chi connectivity index (χ4n) is 2.72. The lowest BCUT2D eigenvalue weighted by Gasteiger charge is -2.12. The summed E-state index contributed by atoms with van der Waals surface area (Å²) in [5.41, 5.74) is 0.860. The molecule has 3 rings (SSSR count). The van der Waals surface area contributed by atoms with E-state index >= 15 is 0 Å². The summed E-state index contributed by atoms with van der Waals surface area (Å²) in [6, 6.07) is 18.0. The third kappa shape index (κ3) is 6.01. The van der Waals surface area contributed by atoms with Gasteiger partial charge in [-0.05, 0) is 43.4 Å². The SMILES string of the molecule is COc1ccccc1-n1c(C)nnc1SCC(=O)NCCCSc1ccccc1. The van der Waals surface area contributed by atoms with Crippen molar-refractivity contribution in [3.8, 4) is 11.4 Å². The van der Waals surface area contributed by atoms with Gasteiger partial charge in [-0.3, -0.25) is 9.36 Å². The first-order valence-corrected chi connectivity index (χ1v) is 11.3. The van der Waals surface area contributed by atoms with Crippen molar-refractivity contribution in [1.29, 1.82) is 0 Å². The molecule has 152 valence electrons. The Bertz CT molecular complexity index is 931. The molecule has 1 aromatic heterocycles. The number of amides is 1. The average Bonchev–Trinajstić information content (AvgIpc) is 3.12. The van der Waals surface area contributed by atoms with E-state index in [0.29, 0.717) is 17.5 Å². The zero-order valence-electron chi connectivity index (χ0n) is 16.5. The molecule has 6 nitrogen and oxygen atoms in total. The Balaban J connectivity index is 1.47. The van der Waals surface area contributed by atoms with Crippen LogP contribution in [-0.2, 0) is 4.79 Å². The molecule has 2 aromatic carbocycles. The van der Waals surface area contributed by atoms with Crippen LogP contribution in [0.2, 0.25) is 0 Å². The average molecular weight is 429 g/mol. The van der Waals surface area contributed by atoms with Crippen molar-refractivity contribution in [2.45, 2.75) is 23.4 Å². The summed E-state index contributed by atoms with van der Waals surface area (Å²) in [6.45, 7) is 2.55. The first kappa shape index (κ1) is 21.3. The van der Waals surface area contributed by atoms with Crippen molar-refractivity contribution < 1.29 is 9.53 Å². The first-order chi connectivity index (χ1) is 14.2. The quantitative estimate of drug-likeness (QED) is 0.389. The number of benzene rings is 2. The number of carbonyl (C=O) groups excluding carboxylic acids is 1. The molecular weight excluding hydrogens is 404 g/mol. The highest BCUT2D eigenvalue weighted by molar-refractivity contribution is 7.99. The van der Waals surface area contributed by atoms with Gasteiger partial charge in [0.15, 0.2) is 5.16 Å². The molecule has 0 fully saturated rings. The van der Waals surface area contributed by atoms with E-state index in [0.717, 1.165) is 29.4 Å². The number of nitrogens with one attached hydrogen (secondary N) is 1. The van der Waals surface area contributed by atoms with Gasteiger partial charge in [0.2, 0.25) is 5.91 Å². The molecule has 29 heavy (non-hydrogen) atoms. The van der Waals surface area contributed by atoms with Crippen molar-refractivity contribution in [3.05, 3.63) is 60.4 Å². The summed E-state index contributed by atoms with van der Waals surface area (Å²) in [4.78, 5) is 13.5. The van der Waals surface area contributed by atoms with Gasteiger partial charge < -0.3 is 10.1 Å². The Labute approximate surface area is 179 Å². The topological polar surface area (TPSA) is 69.0 Å². The van der Waals surface area contributed by atoms with Gasteiger partial charge in [-0.1, -0.05) is 42.1 Å². The maximum Gasteiger partial charge on any atom is 0.230 e. The number of methoxy groups -OCH3 is 1. The van der Waals surface area contributed by atoms with Gasteiger partial charge in [0, 0.05) is 11.4 Å². The Kier molecular flexibility index (Phi) is 8.01. The fourth-order valence-corrected chi connectivity index (χ4v) is 4.41. The molecule has 0 spiro atoms. The van der Waals surface area contributed by atoms with Gasteiger partial charge in [0.05, 0.1) is 18.6 Å². The molecule has 0 radical (unpaired) electrons. The van der Waals surface area contributed by atoms with E-state index in [4.69, 9.17) is 4.74 Å². The van der Waals surface area contributed by atoms with Crippen LogP contribution in [0.15, 0.2) is 64.6 Å². The molecule has 1 amide bonds. The normalized spacial score (nSPS) is 10.7. The standard InChI is InChI=1S/C21H24N4O2S2/c1-16-23-24-21(25(16)18-11-6-7-12-19(18)27-2)29-15-20(26)22-13-8-14-28-17-9-4-3-5-10-17/h3-7,9-12H,8,13-15H2,1-2H3,(H,22,26). The summed E-state index contributed by atoms with van der Waals surface area (Å²) < 4.78 is 7.36. The predicted molar refractivity (Wildman–Crippen MR) is 118 cm³/mol. The van der Waals surface area contributed by atoms with Crippen LogP contribution in [0, 0.1) is 6.92 Å². The Morgan fingerprint density at radius 3 is 2.62 bits per heavy atom. The summed E-state index contributed by atoms with van der Waals surface area (Å²) in [5.74, 6) is 2.73.